The minimum absolute atomic E-state index is 0.136. The Morgan fingerprint density at radius 1 is 1.10 bits per heavy atom. The first kappa shape index (κ1) is 19.3. The number of carbonyl (C=O) groups excluding carboxylic acids is 1. The van der Waals surface area contributed by atoms with Crippen molar-refractivity contribution < 1.29 is 13.6 Å². The summed E-state index contributed by atoms with van der Waals surface area (Å²) >= 11 is 0. The third-order valence-corrected chi connectivity index (χ3v) is 5.07. The number of fused-ring (bicyclic) bond motifs is 1. The van der Waals surface area contributed by atoms with Gasteiger partial charge in [-0.05, 0) is 55.8 Å². The van der Waals surface area contributed by atoms with Crippen molar-refractivity contribution >= 4 is 34.6 Å². The summed E-state index contributed by atoms with van der Waals surface area (Å²) in [5, 5.41) is 10.4. The molecule has 1 aliphatic rings. The van der Waals surface area contributed by atoms with Crippen LogP contribution in [0.2, 0.25) is 0 Å². The van der Waals surface area contributed by atoms with E-state index in [1.54, 1.807) is 30.4 Å². The lowest BCUT2D eigenvalue weighted by Crippen LogP contribution is -2.36. The van der Waals surface area contributed by atoms with E-state index in [0.29, 0.717) is 16.6 Å². The molecule has 0 bridgehead atoms. The highest BCUT2D eigenvalue weighted by molar-refractivity contribution is 5.97. The SMILES string of the molecule is O=C(CN1CCCCC1)Nc1cc2c(C=Cc3ccc(F)cc3)n[nH]c2cc1F. The Balaban J connectivity index is 1.52. The van der Waals surface area contributed by atoms with Gasteiger partial charge < -0.3 is 5.32 Å². The minimum Gasteiger partial charge on any atom is -0.322 e. The van der Waals surface area contributed by atoms with Crippen molar-refractivity contribution in [1.29, 1.82) is 0 Å². The maximum absolute atomic E-state index is 14.4. The monoisotopic (exact) mass is 396 g/mol. The number of H-pyrrole nitrogens is 1. The summed E-state index contributed by atoms with van der Waals surface area (Å²) in [5.41, 5.74) is 2.10. The van der Waals surface area contributed by atoms with Gasteiger partial charge in [0.1, 0.15) is 11.6 Å². The fraction of sp³-hybridized carbons (Fsp3) is 0.273. The van der Waals surface area contributed by atoms with E-state index in [4.69, 9.17) is 0 Å². The average Bonchev–Trinajstić information content (AvgIpc) is 3.10. The standard InChI is InChI=1S/C22H22F2N4O/c23-16-7-4-15(5-8-16)6-9-19-17-12-21(18(24)13-20(17)27-26-19)25-22(29)14-28-10-2-1-3-11-28/h4-9,12-13H,1-3,10-11,14H2,(H,25,29)(H,26,27). The number of rotatable bonds is 5. The number of aromatic nitrogens is 2. The van der Waals surface area contributed by atoms with Crippen molar-refractivity contribution in [2.24, 2.45) is 0 Å². The first-order valence-corrected chi connectivity index (χ1v) is 9.72. The van der Waals surface area contributed by atoms with Crippen LogP contribution in [0.4, 0.5) is 14.5 Å². The van der Waals surface area contributed by atoms with Crippen LogP contribution >= 0.6 is 0 Å². The number of carbonyl (C=O) groups is 1. The molecule has 1 saturated heterocycles. The molecule has 4 rings (SSSR count). The molecule has 0 atom stereocenters. The van der Waals surface area contributed by atoms with Gasteiger partial charge in [-0.25, -0.2) is 8.78 Å². The summed E-state index contributed by atoms with van der Waals surface area (Å²) < 4.78 is 27.5. The molecule has 0 spiro atoms. The summed E-state index contributed by atoms with van der Waals surface area (Å²) in [6.45, 7) is 2.06. The molecule has 2 aromatic carbocycles. The zero-order valence-electron chi connectivity index (χ0n) is 15.9. The zero-order chi connectivity index (χ0) is 20.2. The molecule has 5 nitrogen and oxygen atoms in total. The molecule has 1 aromatic heterocycles. The highest BCUT2D eigenvalue weighted by atomic mass is 19.1. The molecule has 7 heteroatoms. The second-order valence-corrected chi connectivity index (χ2v) is 7.26. The number of hydrogen-bond acceptors (Lipinski definition) is 3. The lowest BCUT2D eigenvalue weighted by Gasteiger charge is -2.25. The Morgan fingerprint density at radius 2 is 1.86 bits per heavy atom. The van der Waals surface area contributed by atoms with Gasteiger partial charge in [0, 0.05) is 11.5 Å². The van der Waals surface area contributed by atoms with E-state index < -0.39 is 5.82 Å². The Kier molecular flexibility index (Phi) is 5.67. The number of hydrogen-bond donors (Lipinski definition) is 2. The maximum atomic E-state index is 14.4. The highest BCUT2D eigenvalue weighted by Gasteiger charge is 2.16. The molecule has 0 saturated carbocycles. The quantitative estimate of drug-likeness (QED) is 0.670. The fourth-order valence-electron chi connectivity index (χ4n) is 3.54. The fourth-order valence-corrected chi connectivity index (χ4v) is 3.54. The number of anilines is 1. The van der Waals surface area contributed by atoms with Gasteiger partial charge in [0.25, 0.3) is 0 Å². The second kappa shape index (κ2) is 8.53. The smallest absolute Gasteiger partial charge is 0.238 e. The van der Waals surface area contributed by atoms with Crippen LogP contribution in [-0.4, -0.2) is 40.6 Å². The largest absolute Gasteiger partial charge is 0.322 e. The van der Waals surface area contributed by atoms with Crippen molar-refractivity contribution in [2.75, 3.05) is 25.0 Å². The van der Waals surface area contributed by atoms with Crippen LogP contribution in [-0.2, 0) is 4.79 Å². The number of piperidine rings is 1. The van der Waals surface area contributed by atoms with E-state index in [2.05, 4.69) is 20.4 Å². The first-order chi connectivity index (χ1) is 14.1. The molecule has 0 radical (unpaired) electrons. The molecule has 3 aromatic rings. The number of aromatic amines is 1. The molecule has 150 valence electrons. The van der Waals surface area contributed by atoms with Crippen LogP contribution in [0.3, 0.4) is 0 Å². The van der Waals surface area contributed by atoms with E-state index in [9.17, 15) is 13.6 Å². The third kappa shape index (κ3) is 4.68. The molecule has 1 fully saturated rings. The minimum atomic E-state index is -0.512. The molecule has 0 unspecified atom stereocenters. The predicted molar refractivity (Wildman–Crippen MR) is 110 cm³/mol. The Morgan fingerprint density at radius 3 is 2.62 bits per heavy atom. The lowest BCUT2D eigenvalue weighted by atomic mass is 10.1. The van der Waals surface area contributed by atoms with E-state index in [1.807, 2.05) is 0 Å². The summed E-state index contributed by atoms with van der Waals surface area (Å²) in [4.78, 5) is 14.4. The van der Waals surface area contributed by atoms with Crippen LogP contribution in [0.25, 0.3) is 23.1 Å². The maximum Gasteiger partial charge on any atom is 0.238 e. The molecular weight excluding hydrogens is 374 g/mol. The predicted octanol–water partition coefficient (Wildman–Crippen LogP) is 4.44. The Labute approximate surface area is 167 Å². The number of likely N-dealkylation sites (tertiary alicyclic amines) is 1. The summed E-state index contributed by atoms with van der Waals surface area (Å²) in [5.74, 6) is -1.04. The third-order valence-electron chi connectivity index (χ3n) is 5.07. The number of halogens is 2. The van der Waals surface area contributed by atoms with Gasteiger partial charge in [0.05, 0.1) is 23.4 Å². The van der Waals surface area contributed by atoms with Gasteiger partial charge in [0.2, 0.25) is 5.91 Å². The lowest BCUT2D eigenvalue weighted by molar-refractivity contribution is -0.117. The molecule has 2 heterocycles. The van der Waals surface area contributed by atoms with E-state index in [-0.39, 0.29) is 24.0 Å². The van der Waals surface area contributed by atoms with Crippen molar-refractivity contribution in [3.63, 3.8) is 0 Å². The number of nitrogens with one attached hydrogen (secondary N) is 2. The molecule has 1 aliphatic heterocycles. The van der Waals surface area contributed by atoms with E-state index in [1.165, 1.54) is 24.6 Å². The molecule has 0 aliphatic carbocycles. The molecule has 2 N–H and O–H groups in total. The van der Waals surface area contributed by atoms with Crippen LogP contribution in [0.5, 0.6) is 0 Å². The number of amides is 1. The van der Waals surface area contributed by atoms with E-state index in [0.717, 1.165) is 31.5 Å². The van der Waals surface area contributed by atoms with Crippen molar-refractivity contribution in [3.05, 3.63) is 59.3 Å². The van der Waals surface area contributed by atoms with Gasteiger partial charge in [-0.1, -0.05) is 24.6 Å². The van der Waals surface area contributed by atoms with Gasteiger partial charge in [-0.15, -0.1) is 0 Å². The second-order valence-electron chi connectivity index (χ2n) is 7.26. The first-order valence-electron chi connectivity index (χ1n) is 9.72. The van der Waals surface area contributed by atoms with Crippen molar-refractivity contribution in [3.8, 4) is 0 Å². The average molecular weight is 396 g/mol. The van der Waals surface area contributed by atoms with Crippen LogP contribution in [0, 0.1) is 11.6 Å². The topological polar surface area (TPSA) is 61.0 Å². The number of benzene rings is 2. The van der Waals surface area contributed by atoms with E-state index >= 15 is 0 Å². The Hall–Kier alpha value is -3.06. The summed E-state index contributed by atoms with van der Waals surface area (Å²) in [7, 11) is 0. The molecular formula is C22H22F2N4O. The van der Waals surface area contributed by atoms with Crippen LogP contribution < -0.4 is 5.32 Å². The molecule has 1 amide bonds. The van der Waals surface area contributed by atoms with Gasteiger partial charge in [0.15, 0.2) is 0 Å². The van der Waals surface area contributed by atoms with Gasteiger partial charge >= 0.3 is 0 Å². The van der Waals surface area contributed by atoms with Gasteiger partial charge in [-0.2, -0.15) is 5.10 Å². The summed E-state index contributed by atoms with van der Waals surface area (Å²) in [6, 6.07) is 9.00. The summed E-state index contributed by atoms with van der Waals surface area (Å²) in [6.07, 6.45) is 6.94. The van der Waals surface area contributed by atoms with Crippen molar-refractivity contribution in [1.82, 2.24) is 15.1 Å². The highest BCUT2D eigenvalue weighted by Crippen LogP contribution is 2.25. The number of nitrogens with zero attached hydrogens (tertiary/aromatic N) is 2. The Bertz CT molecular complexity index is 1040. The molecule has 29 heavy (non-hydrogen) atoms. The van der Waals surface area contributed by atoms with Crippen LogP contribution in [0.1, 0.15) is 30.5 Å². The van der Waals surface area contributed by atoms with Crippen molar-refractivity contribution in [2.45, 2.75) is 19.3 Å². The normalized spacial score (nSPS) is 15.2. The van der Waals surface area contributed by atoms with Crippen LogP contribution in [0.15, 0.2) is 36.4 Å². The zero-order valence-corrected chi connectivity index (χ0v) is 15.9. The van der Waals surface area contributed by atoms with Gasteiger partial charge in [-0.3, -0.25) is 14.8 Å².